The normalized spacial score (nSPS) is 9.08. The highest BCUT2D eigenvalue weighted by Gasteiger charge is 2.07. The van der Waals surface area contributed by atoms with Crippen molar-refractivity contribution in [1.82, 2.24) is 5.32 Å². The summed E-state index contributed by atoms with van der Waals surface area (Å²) in [6.45, 7) is -0.228. The van der Waals surface area contributed by atoms with Crippen molar-refractivity contribution in [2.75, 3.05) is 11.9 Å². The third kappa shape index (κ3) is 5.84. The Balaban J connectivity index is 3.60. The Labute approximate surface area is 77.8 Å². The summed E-state index contributed by atoms with van der Waals surface area (Å²) in [5.74, 6) is -1.36. The number of primary amides is 1. The number of halogens is 1. The summed E-state index contributed by atoms with van der Waals surface area (Å²) in [4.78, 5) is 31.6. The van der Waals surface area contributed by atoms with E-state index in [0.29, 0.717) is 0 Å². The van der Waals surface area contributed by atoms with E-state index >= 15 is 0 Å². The van der Waals surface area contributed by atoms with Crippen LogP contribution in [0, 0.1) is 0 Å². The molecule has 0 unspecified atom stereocenters. The maximum atomic E-state index is 10.8. The van der Waals surface area contributed by atoms with E-state index in [9.17, 15) is 14.4 Å². The van der Waals surface area contributed by atoms with Gasteiger partial charge in [-0.15, -0.1) is 0 Å². The standard InChI is InChI=1S/C6H9BrN2O3/c7-2-4(10)1-6(12)9-3-5(8)11/h1-3H2,(H2,8,11)(H,9,12). The molecule has 5 nitrogen and oxygen atoms in total. The first-order chi connectivity index (χ1) is 5.56. The maximum absolute atomic E-state index is 10.8. The van der Waals surface area contributed by atoms with Crippen LogP contribution < -0.4 is 11.1 Å². The van der Waals surface area contributed by atoms with Crippen molar-refractivity contribution >= 4 is 33.5 Å². The number of carbonyl (C=O) groups is 3. The number of amides is 2. The van der Waals surface area contributed by atoms with Gasteiger partial charge in [0.1, 0.15) is 0 Å². The van der Waals surface area contributed by atoms with Crippen LogP contribution in [0.4, 0.5) is 0 Å². The lowest BCUT2D eigenvalue weighted by Gasteiger charge is -1.99. The molecule has 3 N–H and O–H groups in total. The fourth-order valence-electron chi connectivity index (χ4n) is 0.475. The first-order valence-corrected chi connectivity index (χ1v) is 4.31. The van der Waals surface area contributed by atoms with Crippen molar-refractivity contribution in [3.63, 3.8) is 0 Å². The van der Waals surface area contributed by atoms with Crippen molar-refractivity contribution in [3.8, 4) is 0 Å². The number of Topliss-reactive ketones (excluding diaryl/α,β-unsaturated/α-hetero) is 1. The monoisotopic (exact) mass is 236 g/mol. The highest BCUT2D eigenvalue weighted by Crippen LogP contribution is 1.88. The predicted octanol–water partition coefficient (Wildman–Crippen LogP) is -1.06. The predicted molar refractivity (Wildman–Crippen MR) is 45.6 cm³/mol. The molecule has 0 aliphatic rings. The van der Waals surface area contributed by atoms with E-state index in [1.165, 1.54) is 0 Å². The summed E-state index contributed by atoms with van der Waals surface area (Å²) in [5, 5.41) is 2.33. The second kappa shape index (κ2) is 5.70. The minimum atomic E-state index is -0.630. The molecule has 0 saturated heterocycles. The fourth-order valence-corrected chi connectivity index (χ4v) is 0.673. The molecule has 0 aliphatic heterocycles. The molecule has 0 heterocycles. The number of nitrogens with one attached hydrogen (secondary N) is 1. The van der Waals surface area contributed by atoms with Gasteiger partial charge in [0.2, 0.25) is 11.8 Å². The number of hydrogen-bond donors (Lipinski definition) is 2. The quantitative estimate of drug-likeness (QED) is 0.471. The average molecular weight is 237 g/mol. The second-order valence-electron chi connectivity index (χ2n) is 2.09. The van der Waals surface area contributed by atoms with Crippen molar-refractivity contribution in [2.24, 2.45) is 5.73 Å². The van der Waals surface area contributed by atoms with Gasteiger partial charge in [-0.25, -0.2) is 0 Å². The van der Waals surface area contributed by atoms with Crippen LogP contribution >= 0.6 is 15.9 Å². The van der Waals surface area contributed by atoms with E-state index in [2.05, 4.69) is 21.2 Å². The summed E-state index contributed by atoms with van der Waals surface area (Å²) in [5.41, 5.74) is 4.76. The number of hydrogen-bond acceptors (Lipinski definition) is 3. The third-order valence-electron chi connectivity index (χ3n) is 0.967. The molecule has 0 spiro atoms. The van der Waals surface area contributed by atoms with Crippen LogP contribution in [0.2, 0.25) is 0 Å². The van der Waals surface area contributed by atoms with Crippen molar-refractivity contribution in [2.45, 2.75) is 6.42 Å². The summed E-state index contributed by atoms with van der Waals surface area (Å²) < 4.78 is 0. The van der Waals surface area contributed by atoms with Gasteiger partial charge in [-0.1, -0.05) is 15.9 Å². The summed E-state index contributed by atoms with van der Waals surface area (Å²) >= 11 is 2.90. The number of rotatable bonds is 5. The zero-order chi connectivity index (χ0) is 9.56. The molecule has 0 rings (SSSR count). The largest absolute Gasteiger partial charge is 0.368 e. The molecule has 0 radical (unpaired) electrons. The van der Waals surface area contributed by atoms with Gasteiger partial charge in [-0.3, -0.25) is 14.4 Å². The van der Waals surface area contributed by atoms with Gasteiger partial charge in [0, 0.05) is 0 Å². The molecule has 12 heavy (non-hydrogen) atoms. The SMILES string of the molecule is NC(=O)CNC(=O)CC(=O)CBr. The van der Waals surface area contributed by atoms with Gasteiger partial charge in [0.15, 0.2) is 5.78 Å². The number of alkyl halides is 1. The summed E-state index contributed by atoms with van der Waals surface area (Å²) in [6.07, 6.45) is -0.224. The molecule has 0 aliphatic carbocycles. The van der Waals surface area contributed by atoms with Gasteiger partial charge in [0.05, 0.1) is 18.3 Å². The van der Waals surface area contributed by atoms with Crippen LogP contribution in [-0.4, -0.2) is 29.5 Å². The number of carbonyl (C=O) groups excluding carboxylic acids is 3. The maximum Gasteiger partial charge on any atom is 0.236 e. The van der Waals surface area contributed by atoms with Crippen LogP contribution in [0.15, 0.2) is 0 Å². The lowest BCUT2D eigenvalue weighted by Crippen LogP contribution is -2.34. The molecule has 0 bridgehead atoms. The number of nitrogens with two attached hydrogens (primary N) is 1. The molecular weight excluding hydrogens is 228 g/mol. The van der Waals surface area contributed by atoms with E-state index in [4.69, 9.17) is 5.73 Å². The Morgan fingerprint density at radius 2 is 1.92 bits per heavy atom. The minimum Gasteiger partial charge on any atom is -0.368 e. The Hall–Kier alpha value is -0.910. The Morgan fingerprint density at radius 1 is 1.33 bits per heavy atom. The molecule has 0 fully saturated rings. The lowest BCUT2D eigenvalue weighted by molar-refractivity contribution is -0.128. The van der Waals surface area contributed by atoms with E-state index in [1.807, 2.05) is 0 Å². The molecule has 6 heteroatoms. The minimum absolute atomic E-state index is 0.136. The second-order valence-corrected chi connectivity index (χ2v) is 2.65. The molecule has 0 aromatic carbocycles. The zero-order valence-electron chi connectivity index (χ0n) is 6.30. The Morgan fingerprint density at radius 3 is 2.33 bits per heavy atom. The van der Waals surface area contributed by atoms with Crippen LogP contribution in [-0.2, 0) is 14.4 Å². The topological polar surface area (TPSA) is 89.3 Å². The van der Waals surface area contributed by atoms with Crippen molar-refractivity contribution in [3.05, 3.63) is 0 Å². The zero-order valence-corrected chi connectivity index (χ0v) is 7.89. The van der Waals surface area contributed by atoms with E-state index < -0.39 is 11.8 Å². The van der Waals surface area contributed by atoms with Crippen LogP contribution in [0.25, 0.3) is 0 Å². The molecule has 0 aromatic heterocycles. The third-order valence-corrected chi connectivity index (χ3v) is 1.59. The van der Waals surface area contributed by atoms with E-state index in [-0.39, 0.29) is 24.1 Å². The summed E-state index contributed by atoms with van der Waals surface area (Å²) in [6, 6.07) is 0. The van der Waals surface area contributed by atoms with Crippen molar-refractivity contribution < 1.29 is 14.4 Å². The van der Waals surface area contributed by atoms with Gasteiger partial charge >= 0.3 is 0 Å². The average Bonchev–Trinajstić information content (AvgIpc) is 2.00. The molecule has 0 aromatic rings. The number of ketones is 1. The molecular formula is C6H9BrN2O3. The molecule has 68 valence electrons. The van der Waals surface area contributed by atoms with Gasteiger partial charge in [-0.05, 0) is 0 Å². The van der Waals surface area contributed by atoms with Gasteiger partial charge < -0.3 is 11.1 Å². The highest BCUT2D eigenvalue weighted by molar-refractivity contribution is 9.09. The first kappa shape index (κ1) is 11.1. The fraction of sp³-hybridized carbons (Fsp3) is 0.500. The van der Waals surface area contributed by atoms with Gasteiger partial charge in [0.25, 0.3) is 0 Å². The summed E-state index contributed by atoms with van der Waals surface area (Å²) in [7, 11) is 0. The van der Waals surface area contributed by atoms with E-state index in [1.54, 1.807) is 0 Å². The van der Waals surface area contributed by atoms with Gasteiger partial charge in [-0.2, -0.15) is 0 Å². The van der Waals surface area contributed by atoms with Crippen molar-refractivity contribution in [1.29, 1.82) is 0 Å². The van der Waals surface area contributed by atoms with Crippen LogP contribution in [0.3, 0.4) is 0 Å². The Bertz CT molecular complexity index is 205. The first-order valence-electron chi connectivity index (χ1n) is 3.19. The van der Waals surface area contributed by atoms with Crippen LogP contribution in [0.5, 0.6) is 0 Å². The highest BCUT2D eigenvalue weighted by atomic mass is 79.9. The van der Waals surface area contributed by atoms with E-state index in [0.717, 1.165) is 0 Å². The van der Waals surface area contributed by atoms with Crippen LogP contribution in [0.1, 0.15) is 6.42 Å². The molecule has 2 amide bonds. The Kier molecular flexibility index (Phi) is 5.27. The molecule has 0 atom stereocenters. The smallest absolute Gasteiger partial charge is 0.236 e. The lowest BCUT2D eigenvalue weighted by atomic mass is 10.3. The molecule has 0 saturated carbocycles.